The van der Waals surface area contributed by atoms with Gasteiger partial charge in [0.25, 0.3) is 0 Å². The predicted octanol–water partition coefficient (Wildman–Crippen LogP) is 2.94. The van der Waals surface area contributed by atoms with Crippen LogP contribution in [0, 0.1) is 5.82 Å². The van der Waals surface area contributed by atoms with Gasteiger partial charge in [-0.25, -0.2) is 4.39 Å². The van der Waals surface area contributed by atoms with Gasteiger partial charge in [0.1, 0.15) is 5.82 Å². The number of anilines is 1. The fourth-order valence-corrected chi connectivity index (χ4v) is 3.40. The molecule has 1 saturated heterocycles. The smallest absolute Gasteiger partial charge is 0.125 e. The number of nitrogens with zero attached hydrogens (tertiary/aromatic N) is 1. The molecule has 1 atom stereocenters. The molecule has 2 nitrogen and oxygen atoms in total. The number of hydrogen-bond acceptors (Lipinski definition) is 2. The zero-order chi connectivity index (χ0) is 12.6. The molecule has 1 aliphatic carbocycles. The summed E-state index contributed by atoms with van der Waals surface area (Å²) in [6.45, 7) is 4.22. The molecule has 2 fully saturated rings. The van der Waals surface area contributed by atoms with E-state index in [1.165, 1.54) is 31.7 Å². The third kappa shape index (κ3) is 2.12. The van der Waals surface area contributed by atoms with Gasteiger partial charge in [0.2, 0.25) is 0 Å². The molecule has 1 aliphatic heterocycles. The maximum atomic E-state index is 13.4. The van der Waals surface area contributed by atoms with E-state index in [9.17, 15) is 4.39 Å². The molecule has 1 N–H and O–H groups in total. The van der Waals surface area contributed by atoms with Crippen LogP contribution in [0.4, 0.5) is 10.1 Å². The molecule has 0 bridgehead atoms. The molecular formula is C15H21FN2. The molecule has 98 valence electrons. The van der Waals surface area contributed by atoms with Gasteiger partial charge in [-0.3, -0.25) is 0 Å². The van der Waals surface area contributed by atoms with Crippen molar-refractivity contribution in [1.82, 2.24) is 5.32 Å². The highest BCUT2D eigenvalue weighted by Crippen LogP contribution is 2.35. The second-order valence-electron chi connectivity index (χ2n) is 5.83. The highest BCUT2D eigenvalue weighted by molar-refractivity contribution is 5.49. The average Bonchev–Trinajstić information content (AvgIpc) is 2.81. The summed E-state index contributed by atoms with van der Waals surface area (Å²) in [5.74, 6) is -0.140. The van der Waals surface area contributed by atoms with E-state index >= 15 is 0 Å². The SMILES string of the molecule is CC1CNC2(CCCC2)CN1c1cccc(F)c1. The van der Waals surface area contributed by atoms with Crippen molar-refractivity contribution in [2.24, 2.45) is 0 Å². The van der Waals surface area contributed by atoms with Gasteiger partial charge < -0.3 is 10.2 Å². The number of nitrogens with one attached hydrogen (secondary N) is 1. The van der Waals surface area contributed by atoms with Gasteiger partial charge in [-0.2, -0.15) is 0 Å². The van der Waals surface area contributed by atoms with Gasteiger partial charge in [0.15, 0.2) is 0 Å². The lowest BCUT2D eigenvalue weighted by Crippen LogP contribution is -2.62. The molecule has 1 heterocycles. The van der Waals surface area contributed by atoms with E-state index in [-0.39, 0.29) is 11.4 Å². The van der Waals surface area contributed by atoms with E-state index in [0.29, 0.717) is 6.04 Å². The van der Waals surface area contributed by atoms with Gasteiger partial charge in [0, 0.05) is 30.4 Å². The Morgan fingerprint density at radius 3 is 2.83 bits per heavy atom. The predicted molar refractivity (Wildman–Crippen MR) is 72.4 cm³/mol. The molecule has 3 heteroatoms. The quantitative estimate of drug-likeness (QED) is 0.822. The lowest BCUT2D eigenvalue weighted by Gasteiger charge is -2.46. The van der Waals surface area contributed by atoms with Crippen LogP contribution in [0.1, 0.15) is 32.6 Å². The number of rotatable bonds is 1. The van der Waals surface area contributed by atoms with Crippen molar-refractivity contribution in [2.45, 2.75) is 44.2 Å². The number of piperazine rings is 1. The van der Waals surface area contributed by atoms with Gasteiger partial charge in [-0.1, -0.05) is 18.9 Å². The van der Waals surface area contributed by atoms with Crippen molar-refractivity contribution in [3.8, 4) is 0 Å². The van der Waals surface area contributed by atoms with E-state index in [1.807, 2.05) is 6.07 Å². The second kappa shape index (κ2) is 4.54. The first-order valence-electron chi connectivity index (χ1n) is 6.96. The van der Waals surface area contributed by atoms with E-state index in [0.717, 1.165) is 18.8 Å². The first-order chi connectivity index (χ1) is 8.69. The lowest BCUT2D eigenvalue weighted by atomic mass is 9.92. The molecule has 0 amide bonds. The standard InChI is InChI=1S/C15H21FN2/c1-12-10-17-15(7-2-3-8-15)11-18(12)14-6-4-5-13(16)9-14/h4-6,9,12,17H,2-3,7-8,10-11H2,1H3. The fourth-order valence-electron chi connectivity index (χ4n) is 3.40. The second-order valence-corrected chi connectivity index (χ2v) is 5.83. The molecule has 1 saturated carbocycles. The van der Waals surface area contributed by atoms with Crippen LogP contribution in [0.5, 0.6) is 0 Å². The molecule has 3 rings (SSSR count). The molecule has 2 aliphatic rings. The van der Waals surface area contributed by atoms with Crippen molar-refractivity contribution in [1.29, 1.82) is 0 Å². The van der Waals surface area contributed by atoms with E-state index in [2.05, 4.69) is 17.1 Å². The molecule has 1 unspecified atom stereocenters. The molecule has 1 aromatic rings. The van der Waals surface area contributed by atoms with Crippen molar-refractivity contribution in [2.75, 3.05) is 18.0 Å². The summed E-state index contributed by atoms with van der Waals surface area (Å²) in [5.41, 5.74) is 1.30. The monoisotopic (exact) mass is 248 g/mol. The normalized spacial score (nSPS) is 26.8. The van der Waals surface area contributed by atoms with Crippen LogP contribution in [-0.4, -0.2) is 24.7 Å². The van der Waals surface area contributed by atoms with Crippen LogP contribution in [0.25, 0.3) is 0 Å². The van der Waals surface area contributed by atoms with Crippen LogP contribution in [-0.2, 0) is 0 Å². The Hall–Kier alpha value is -1.09. The highest BCUT2D eigenvalue weighted by atomic mass is 19.1. The topological polar surface area (TPSA) is 15.3 Å². The minimum absolute atomic E-state index is 0.140. The van der Waals surface area contributed by atoms with Crippen LogP contribution in [0.15, 0.2) is 24.3 Å². The number of hydrogen-bond donors (Lipinski definition) is 1. The summed E-state index contributed by atoms with van der Waals surface area (Å²) in [5, 5.41) is 3.72. The zero-order valence-electron chi connectivity index (χ0n) is 11.0. The fraction of sp³-hybridized carbons (Fsp3) is 0.600. The molecular weight excluding hydrogens is 227 g/mol. The number of benzene rings is 1. The summed E-state index contributed by atoms with van der Waals surface area (Å²) in [4.78, 5) is 2.37. The Morgan fingerprint density at radius 2 is 2.11 bits per heavy atom. The molecule has 1 aromatic carbocycles. The highest BCUT2D eigenvalue weighted by Gasteiger charge is 2.39. The molecule has 1 spiro atoms. The van der Waals surface area contributed by atoms with Gasteiger partial charge in [0.05, 0.1) is 0 Å². The van der Waals surface area contributed by atoms with Gasteiger partial charge >= 0.3 is 0 Å². The van der Waals surface area contributed by atoms with Crippen molar-refractivity contribution in [3.63, 3.8) is 0 Å². The summed E-state index contributed by atoms with van der Waals surface area (Å²) in [6.07, 6.45) is 5.15. The van der Waals surface area contributed by atoms with Gasteiger partial charge in [-0.15, -0.1) is 0 Å². The molecule has 18 heavy (non-hydrogen) atoms. The Kier molecular flexibility index (Phi) is 3.02. The Labute approximate surface area is 108 Å². The van der Waals surface area contributed by atoms with Crippen molar-refractivity contribution in [3.05, 3.63) is 30.1 Å². The minimum Gasteiger partial charge on any atom is -0.366 e. The summed E-state index contributed by atoms with van der Waals surface area (Å²) in [6, 6.07) is 7.43. The third-order valence-corrected chi connectivity index (χ3v) is 4.48. The largest absolute Gasteiger partial charge is 0.366 e. The minimum atomic E-state index is -0.140. The Morgan fingerprint density at radius 1 is 1.33 bits per heavy atom. The summed E-state index contributed by atoms with van der Waals surface area (Å²) in [7, 11) is 0. The first kappa shape index (κ1) is 12.0. The average molecular weight is 248 g/mol. The summed E-state index contributed by atoms with van der Waals surface area (Å²) >= 11 is 0. The van der Waals surface area contributed by atoms with Crippen LogP contribution < -0.4 is 10.2 Å². The first-order valence-corrected chi connectivity index (χ1v) is 6.96. The van der Waals surface area contributed by atoms with E-state index in [4.69, 9.17) is 0 Å². The summed E-state index contributed by atoms with van der Waals surface area (Å²) < 4.78 is 13.4. The lowest BCUT2D eigenvalue weighted by molar-refractivity contribution is 0.276. The van der Waals surface area contributed by atoms with Crippen LogP contribution in [0.2, 0.25) is 0 Å². The molecule has 0 aromatic heterocycles. The van der Waals surface area contributed by atoms with Crippen LogP contribution >= 0.6 is 0 Å². The maximum absolute atomic E-state index is 13.4. The maximum Gasteiger partial charge on any atom is 0.125 e. The Bertz CT molecular complexity index is 426. The van der Waals surface area contributed by atoms with Gasteiger partial charge in [-0.05, 0) is 38.0 Å². The van der Waals surface area contributed by atoms with Crippen LogP contribution in [0.3, 0.4) is 0 Å². The number of halogens is 1. The van der Waals surface area contributed by atoms with E-state index < -0.39 is 0 Å². The zero-order valence-corrected chi connectivity index (χ0v) is 11.0. The van der Waals surface area contributed by atoms with E-state index in [1.54, 1.807) is 12.1 Å². The third-order valence-electron chi connectivity index (χ3n) is 4.48. The van der Waals surface area contributed by atoms with Crippen molar-refractivity contribution >= 4 is 5.69 Å². The Balaban J connectivity index is 1.85. The van der Waals surface area contributed by atoms with Crippen molar-refractivity contribution < 1.29 is 4.39 Å². The molecule has 0 radical (unpaired) electrons.